The van der Waals surface area contributed by atoms with Gasteiger partial charge in [0.15, 0.2) is 0 Å². The van der Waals surface area contributed by atoms with E-state index in [0.29, 0.717) is 22.0 Å². The van der Waals surface area contributed by atoms with Crippen molar-refractivity contribution in [2.24, 2.45) is 0 Å². The van der Waals surface area contributed by atoms with Crippen molar-refractivity contribution in [1.29, 1.82) is 0 Å². The molecular formula is C30H35Cl2N3O4S. The van der Waals surface area contributed by atoms with Gasteiger partial charge in [-0.2, -0.15) is 0 Å². The number of nitrogens with zero attached hydrogens (tertiary/aromatic N) is 2. The van der Waals surface area contributed by atoms with E-state index in [1.165, 1.54) is 11.0 Å². The van der Waals surface area contributed by atoms with Gasteiger partial charge >= 0.3 is 0 Å². The average molecular weight is 605 g/mol. The molecule has 10 heteroatoms. The highest BCUT2D eigenvalue weighted by Crippen LogP contribution is 2.26. The molecule has 2 amide bonds. The van der Waals surface area contributed by atoms with Crippen LogP contribution in [0.15, 0.2) is 72.8 Å². The van der Waals surface area contributed by atoms with Gasteiger partial charge in [0.05, 0.1) is 11.9 Å². The largest absolute Gasteiger partial charge is 0.352 e. The van der Waals surface area contributed by atoms with Crippen molar-refractivity contribution in [2.45, 2.75) is 52.2 Å². The van der Waals surface area contributed by atoms with E-state index in [1.54, 1.807) is 43.3 Å². The van der Waals surface area contributed by atoms with Crippen molar-refractivity contribution < 1.29 is 18.0 Å². The number of halogens is 2. The number of carbonyl (C=O) groups excluding carboxylic acids is 2. The fourth-order valence-electron chi connectivity index (χ4n) is 4.16. The highest BCUT2D eigenvalue weighted by atomic mass is 35.5. The molecule has 0 unspecified atom stereocenters. The molecule has 2 atom stereocenters. The van der Waals surface area contributed by atoms with Gasteiger partial charge in [0.2, 0.25) is 21.8 Å². The quantitative estimate of drug-likeness (QED) is 0.291. The van der Waals surface area contributed by atoms with Gasteiger partial charge in [0.25, 0.3) is 0 Å². The van der Waals surface area contributed by atoms with Gasteiger partial charge in [-0.15, -0.1) is 0 Å². The second-order valence-electron chi connectivity index (χ2n) is 9.84. The summed E-state index contributed by atoms with van der Waals surface area (Å²) >= 11 is 12.8. The first-order valence-corrected chi connectivity index (χ1v) is 15.6. The lowest BCUT2D eigenvalue weighted by atomic mass is 10.0. The van der Waals surface area contributed by atoms with Crippen molar-refractivity contribution in [3.63, 3.8) is 0 Å². The number of aryl methyl sites for hydroxylation is 1. The number of hydrogen-bond acceptors (Lipinski definition) is 4. The molecule has 0 aromatic heterocycles. The summed E-state index contributed by atoms with van der Waals surface area (Å²) in [6.45, 7) is 5.14. The highest BCUT2D eigenvalue weighted by Gasteiger charge is 2.33. The molecule has 3 rings (SSSR count). The van der Waals surface area contributed by atoms with E-state index in [0.717, 1.165) is 21.7 Å². The molecule has 40 heavy (non-hydrogen) atoms. The molecule has 0 aliphatic carbocycles. The van der Waals surface area contributed by atoms with Gasteiger partial charge in [0.1, 0.15) is 12.6 Å². The Morgan fingerprint density at radius 3 is 2.20 bits per heavy atom. The van der Waals surface area contributed by atoms with Gasteiger partial charge in [-0.1, -0.05) is 84.7 Å². The SMILES string of the molecule is CC[C@H](C)NC(=O)[C@@H](Cc1ccccc1)N(Cc1ccccc1Cl)C(=O)CN(c1ccc(C)c(Cl)c1)S(C)(=O)=O. The number of hydrogen-bond donors (Lipinski definition) is 1. The molecule has 3 aromatic carbocycles. The molecule has 1 N–H and O–H groups in total. The monoisotopic (exact) mass is 603 g/mol. The summed E-state index contributed by atoms with van der Waals surface area (Å²) in [5.41, 5.74) is 2.52. The summed E-state index contributed by atoms with van der Waals surface area (Å²) in [4.78, 5) is 29.2. The molecule has 0 fully saturated rings. The smallest absolute Gasteiger partial charge is 0.244 e. The van der Waals surface area contributed by atoms with Crippen LogP contribution in [0, 0.1) is 6.92 Å². The lowest BCUT2D eigenvalue weighted by Gasteiger charge is -2.34. The first-order valence-electron chi connectivity index (χ1n) is 13.0. The fourth-order valence-corrected chi connectivity index (χ4v) is 5.37. The fraction of sp³-hybridized carbons (Fsp3) is 0.333. The number of sulfonamides is 1. The lowest BCUT2D eigenvalue weighted by Crippen LogP contribution is -2.54. The standard InChI is InChI=1S/C30H35Cl2N3O4S/c1-5-22(3)33-30(37)28(17-23-11-7-6-8-12-23)34(19-24-13-9-10-14-26(24)31)29(36)20-35(40(4,38)39)25-16-15-21(2)27(32)18-25/h6-16,18,22,28H,5,17,19-20H2,1-4H3,(H,33,37)/t22-,28+/m0/s1. The van der Waals surface area contributed by atoms with Crippen LogP contribution < -0.4 is 9.62 Å². The first-order chi connectivity index (χ1) is 18.9. The van der Waals surface area contributed by atoms with Crippen molar-refractivity contribution in [3.05, 3.63) is 99.5 Å². The van der Waals surface area contributed by atoms with Gasteiger partial charge in [-0.25, -0.2) is 8.42 Å². The lowest BCUT2D eigenvalue weighted by molar-refractivity contribution is -0.140. The zero-order valence-corrected chi connectivity index (χ0v) is 25.4. The number of carbonyl (C=O) groups is 2. The Morgan fingerprint density at radius 2 is 1.60 bits per heavy atom. The Kier molecular flexibility index (Phi) is 11.0. The zero-order valence-electron chi connectivity index (χ0n) is 23.1. The molecule has 7 nitrogen and oxygen atoms in total. The molecule has 0 aliphatic heterocycles. The third-order valence-electron chi connectivity index (χ3n) is 6.69. The predicted molar refractivity (Wildman–Crippen MR) is 162 cm³/mol. The van der Waals surface area contributed by atoms with Gasteiger partial charge in [-0.05, 0) is 55.2 Å². The van der Waals surface area contributed by atoms with Crippen molar-refractivity contribution in [3.8, 4) is 0 Å². The molecule has 0 heterocycles. The minimum Gasteiger partial charge on any atom is -0.352 e. The van der Waals surface area contributed by atoms with Crippen LogP contribution >= 0.6 is 23.2 Å². The van der Waals surface area contributed by atoms with Crippen LogP contribution in [-0.2, 0) is 32.6 Å². The molecule has 0 aliphatic rings. The van der Waals surface area contributed by atoms with Gasteiger partial charge < -0.3 is 10.2 Å². The maximum Gasteiger partial charge on any atom is 0.244 e. The second kappa shape index (κ2) is 14.0. The van der Waals surface area contributed by atoms with Crippen LogP contribution in [0.25, 0.3) is 0 Å². The third-order valence-corrected chi connectivity index (χ3v) is 8.61. The molecule has 0 bridgehead atoms. The van der Waals surface area contributed by atoms with Crippen LogP contribution in [0.2, 0.25) is 10.0 Å². The van der Waals surface area contributed by atoms with E-state index in [-0.39, 0.29) is 30.6 Å². The summed E-state index contributed by atoms with van der Waals surface area (Å²) in [6, 6.07) is 20.2. The van der Waals surface area contributed by atoms with Crippen molar-refractivity contribution in [1.82, 2.24) is 10.2 Å². The van der Waals surface area contributed by atoms with Gasteiger partial charge in [-0.3, -0.25) is 13.9 Å². The van der Waals surface area contributed by atoms with E-state index >= 15 is 0 Å². The second-order valence-corrected chi connectivity index (χ2v) is 12.6. The maximum absolute atomic E-state index is 14.1. The average Bonchev–Trinajstić information content (AvgIpc) is 2.91. The normalized spacial score (nSPS) is 12.8. The minimum absolute atomic E-state index is 0.0101. The maximum atomic E-state index is 14.1. The molecule has 0 radical (unpaired) electrons. The van der Waals surface area contributed by atoms with Crippen molar-refractivity contribution in [2.75, 3.05) is 17.1 Å². The van der Waals surface area contributed by atoms with E-state index in [9.17, 15) is 18.0 Å². The van der Waals surface area contributed by atoms with Crippen LogP contribution in [-0.4, -0.2) is 50.0 Å². The zero-order chi connectivity index (χ0) is 29.4. The summed E-state index contributed by atoms with van der Waals surface area (Å²) in [5, 5.41) is 3.81. The number of amides is 2. The Hall–Kier alpha value is -3.07. The summed E-state index contributed by atoms with van der Waals surface area (Å²) < 4.78 is 26.8. The van der Waals surface area contributed by atoms with Gasteiger partial charge in [0, 0.05) is 29.1 Å². The molecule has 0 spiro atoms. The predicted octanol–water partition coefficient (Wildman–Crippen LogP) is 5.62. The van der Waals surface area contributed by atoms with Crippen LogP contribution in [0.5, 0.6) is 0 Å². The first kappa shape index (κ1) is 31.5. The van der Waals surface area contributed by atoms with Crippen LogP contribution in [0.4, 0.5) is 5.69 Å². The van der Waals surface area contributed by atoms with E-state index in [2.05, 4.69) is 5.32 Å². The summed E-state index contributed by atoms with van der Waals surface area (Å²) in [6.07, 6.45) is 1.97. The number of rotatable bonds is 12. The Balaban J connectivity index is 2.08. The van der Waals surface area contributed by atoms with E-state index in [4.69, 9.17) is 23.2 Å². The highest BCUT2D eigenvalue weighted by molar-refractivity contribution is 7.92. The summed E-state index contributed by atoms with van der Waals surface area (Å²) in [7, 11) is -3.88. The Labute approximate surface area is 247 Å². The molecule has 0 saturated carbocycles. The Bertz CT molecular complexity index is 1430. The van der Waals surface area contributed by atoms with E-state index < -0.39 is 28.5 Å². The Morgan fingerprint density at radius 1 is 0.950 bits per heavy atom. The number of nitrogens with one attached hydrogen (secondary N) is 1. The molecule has 0 saturated heterocycles. The molecular weight excluding hydrogens is 569 g/mol. The molecule has 214 valence electrons. The summed E-state index contributed by atoms with van der Waals surface area (Å²) in [5.74, 6) is -0.884. The number of benzene rings is 3. The van der Waals surface area contributed by atoms with E-state index in [1.807, 2.05) is 44.2 Å². The third kappa shape index (κ3) is 8.46. The minimum atomic E-state index is -3.88. The van der Waals surface area contributed by atoms with Crippen molar-refractivity contribution >= 4 is 50.7 Å². The number of anilines is 1. The van der Waals surface area contributed by atoms with Crippen LogP contribution in [0.1, 0.15) is 37.0 Å². The van der Waals surface area contributed by atoms with Crippen LogP contribution in [0.3, 0.4) is 0 Å². The molecule has 3 aromatic rings. The topological polar surface area (TPSA) is 86.8 Å².